The summed E-state index contributed by atoms with van der Waals surface area (Å²) < 4.78 is 31.7. The normalized spacial score (nSPS) is 10.7. The van der Waals surface area contributed by atoms with Gasteiger partial charge in [-0.2, -0.15) is 13.2 Å². The standard InChI is InChI=1S/C11H7N5OS.C2HF3O2/c17-9(8-6-12-4-5-13-8)16-11-15-7-2-1-3-14-10(7)18-11;3-2(4,5)1(6)7/h1-6H,(H,15,16,17);(H,6,7). The molecule has 3 heterocycles. The molecule has 8 nitrogen and oxygen atoms in total. The molecule has 25 heavy (non-hydrogen) atoms. The van der Waals surface area contributed by atoms with E-state index in [9.17, 15) is 18.0 Å². The number of rotatable bonds is 2. The summed E-state index contributed by atoms with van der Waals surface area (Å²) in [6, 6.07) is 3.65. The smallest absolute Gasteiger partial charge is 0.475 e. The minimum absolute atomic E-state index is 0.254. The van der Waals surface area contributed by atoms with Crippen molar-refractivity contribution in [3.05, 3.63) is 42.6 Å². The quantitative estimate of drug-likeness (QED) is 0.710. The molecule has 0 aliphatic carbocycles. The Morgan fingerprint density at radius 3 is 2.44 bits per heavy atom. The number of nitrogens with zero attached hydrogens (tertiary/aromatic N) is 4. The number of carbonyl (C=O) groups is 2. The van der Waals surface area contributed by atoms with E-state index < -0.39 is 12.1 Å². The van der Waals surface area contributed by atoms with Gasteiger partial charge in [0, 0.05) is 18.6 Å². The van der Waals surface area contributed by atoms with Gasteiger partial charge in [-0.3, -0.25) is 15.1 Å². The van der Waals surface area contributed by atoms with Gasteiger partial charge in [-0.05, 0) is 12.1 Å². The van der Waals surface area contributed by atoms with Crippen molar-refractivity contribution in [3.8, 4) is 0 Å². The molecule has 2 N–H and O–H groups in total. The number of hydrogen-bond acceptors (Lipinski definition) is 7. The molecule has 130 valence electrons. The fraction of sp³-hybridized carbons (Fsp3) is 0.0769. The van der Waals surface area contributed by atoms with E-state index in [1.165, 1.54) is 29.9 Å². The molecule has 0 atom stereocenters. The van der Waals surface area contributed by atoms with Crippen molar-refractivity contribution in [3.63, 3.8) is 0 Å². The molecule has 0 aromatic carbocycles. The number of aliphatic carboxylic acids is 1. The van der Waals surface area contributed by atoms with Gasteiger partial charge in [0.25, 0.3) is 5.91 Å². The number of aromatic nitrogens is 4. The third kappa shape index (κ3) is 5.17. The largest absolute Gasteiger partial charge is 0.490 e. The monoisotopic (exact) mass is 371 g/mol. The molecule has 0 radical (unpaired) electrons. The summed E-state index contributed by atoms with van der Waals surface area (Å²) in [5.41, 5.74) is 1.02. The molecule has 0 aliphatic rings. The first-order valence-corrected chi connectivity index (χ1v) is 7.18. The lowest BCUT2D eigenvalue weighted by Crippen LogP contribution is -2.21. The second-order valence-corrected chi connectivity index (χ2v) is 5.17. The van der Waals surface area contributed by atoms with E-state index in [4.69, 9.17) is 9.90 Å². The zero-order valence-electron chi connectivity index (χ0n) is 12.1. The van der Waals surface area contributed by atoms with E-state index in [0.29, 0.717) is 5.13 Å². The number of thiazole rings is 1. The lowest BCUT2D eigenvalue weighted by atomic mass is 10.4. The van der Waals surface area contributed by atoms with E-state index in [0.717, 1.165) is 10.3 Å². The first kappa shape index (κ1) is 18.2. The van der Waals surface area contributed by atoms with Crippen molar-refractivity contribution in [2.75, 3.05) is 5.32 Å². The number of fused-ring (bicyclic) bond motifs is 1. The van der Waals surface area contributed by atoms with Crippen molar-refractivity contribution in [2.24, 2.45) is 0 Å². The molecule has 0 aliphatic heterocycles. The molecule has 12 heteroatoms. The summed E-state index contributed by atoms with van der Waals surface area (Å²) in [4.78, 5) is 37.7. The van der Waals surface area contributed by atoms with Crippen LogP contribution in [-0.4, -0.2) is 43.1 Å². The maximum Gasteiger partial charge on any atom is 0.490 e. The molecule has 3 aromatic heterocycles. The Hall–Kier alpha value is -3.15. The SMILES string of the molecule is O=C(Nc1nc2cccnc2s1)c1cnccn1.O=C(O)C(F)(F)F. The molecule has 3 rings (SSSR count). The van der Waals surface area contributed by atoms with Crippen LogP contribution in [0.25, 0.3) is 10.3 Å². The highest BCUT2D eigenvalue weighted by molar-refractivity contribution is 7.21. The van der Waals surface area contributed by atoms with E-state index in [2.05, 4.69) is 25.3 Å². The fourth-order valence-electron chi connectivity index (χ4n) is 1.40. The predicted octanol–water partition coefficient (Wildman–Crippen LogP) is 2.37. The molecule has 0 spiro atoms. The molecule has 0 saturated carbocycles. The van der Waals surface area contributed by atoms with Crippen molar-refractivity contribution in [1.82, 2.24) is 19.9 Å². The summed E-state index contributed by atoms with van der Waals surface area (Å²) in [5, 5.41) is 10.3. The van der Waals surface area contributed by atoms with Gasteiger partial charge in [0.1, 0.15) is 16.0 Å². The predicted molar refractivity (Wildman–Crippen MR) is 81.1 cm³/mol. The van der Waals surface area contributed by atoms with Crippen molar-refractivity contribution in [1.29, 1.82) is 0 Å². The van der Waals surface area contributed by atoms with E-state index >= 15 is 0 Å². The Bertz CT molecular complexity index is 852. The third-order valence-corrected chi connectivity index (χ3v) is 3.32. The van der Waals surface area contributed by atoms with Crippen LogP contribution in [0.5, 0.6) is 0 Å². The van der Waals surface area contributed by atoms with Crippen LogP contribution in [0.4, 0.5) is 18.3 Å². The Morgan fingerprint density at radius 2 is 1.88 bits per heavy atom. The van der Waals surface area contributed by atoms with Crippen LogP contribution < -0.4 is 5.32 Å². The Labute approximate surface area is 141 Å². The van der Waals surface area contributed by atoms with Gasteiger partial charge in [-0.25, -0.2) is 19.7 Å². The Balaban J connectivity index is 0.000000277. The summed E-state index contributed by atoms with van der Waals surface area (Å²) in [6.45, 7) is 0. The van der Waals surface area contributed by atoms with Gasteiger partial charge >= 0.3 is 12.1 Å². The van der Waals surface area contributed by atoms with E-state index in [1.54, 1.807) is 12.3 Å². The van der Waals surface area contributed by atoms with Crippen molar-refractivity contribution in [2.45, 2.75) is 6.18 Å². The number of hydrogen-bond donors (Lipinski definition) is 2. The second-order valence-electron chi connectivity index (χ2n) is 4.19. The number of halogens is 3. The average Bonchev–Trinajstić information content (AvgIpc) is 2.97. The zero-order valence-corrected chi connectivity index (χ0v) is 12.9. The topological polar surface area (TPSA) is 118 Å². The highest BCUT2D eigenvalue weighted by Gasteiger charge is 2.38. The maximum atomic E-state index is 11.8. The van der Waals surface area contributed by atoms with Gasteiger partial charge < -0.3 is 5.11 Å². The number of amides is 1. The highest BCUT2D eigenvalue weighted by Crippen LogP contribution is 2.23. The number of alkyl halides is 3. The van der Waals surface area contributed by atoms with E-state index in [1.807, 2.05) is 6.07 Å². The molecule has 0 unspecified atom stereocenters. The van der Waals surface area contributed by atoms with Gasteiger partial charge in [-0.1, -0.05) is 11.3 Å². The number of carbonyl (C=O) groups excluding carboxylic acids is 1. The number of carboxylic acids is 1. The summed E-state index contributed by atoms with van der Waals surface area (Å²) in [5.74, 6) is -3.09. The average molecular weight is 371 g/mol. The fourth-order valence-corrected chi connectivity index (χ4v) is 2.20. The lowest BCUT2D eigenvalue weighted by Gasteiger charge is -1.98. The molecule has 0 bridgehead atoms. The third-order valence-electron chi connectivity index (χ3n) is 2.43. The highest BCUT2D eigenvalue weighted by atomic mass is 32.1. The number of pyridine rings is 1. The van der Waals surface area contributed by atoms with Crippen LogP contribution in [0.3, 0.4) is 0 Å². The summed E-state index contributed by atoms with van der Waals surface area (Å²) in [7, 11) is 0. The van der Waals surface area contributed by atoms with Crippen LogP contribution in [0.2, 0.25) is 0 Å². The minimum atomic E-state index is -5.08. The molecular formula is C13H8F3N5O3S. The number of nitrogens with one attached hydrogen (secondary N) is 1. The van der Waals surface area contributed by atoms with Crippen molar-refractivity contribution < 1.29 is 27.9 Å². The molecule has 1 amide bonds. The lowest BCUT2D eigenvalue weighted by molar-refractivity contribution is -0.192. The maximum absolute atomic E-state index is 11.8. The molecule has 0 saturated heterocycles. The second kappa shape index (κ2) is 7.61. The molecule has 0 fully saturated rings. The Morgan fingerprint density at radius 1 is 1.16 bits per heavy atom. The number of anilines is 1. The minimum Gasteiger partial charge on any atom is -0.475 e. The molecular weight excluding hydrogens is 363 g/mol. The van der Waals surface area contributed by atoms with Crippen LogP contribution in [-0.2, 0) is 4.79 Å². The van der Waals surface area contributed by atoms with Crippen LogP contribution in [0.15, 0.2) is 36.9 Å². The number of carboxylic acid groups (broad SMARTS) is 1. The molecule has 3 aromatic rings. The van der Waals surface area contributed by atoms with Gasteiger partial charge in [0.15, 0.2) is 5.13 Å². The van der Waals surface area contributed by atoms with Gasteiger partial charge in [0.05, 0.1) is 6.20 Å². The van der Waals surface area contributed by atoms with Crippen LogP contribution in [0.1, 0.15) is 10.5 Å². The van der Waals surface area contributed by atoms with Gasteiger partial charge in [-0.15, -0.1) is 0 Å². The first-order chi connectivity index (χ1) is 11.8. The Kier molecular flexibility index (Phi) is 5.54. The first-order valence-electron chi connectivity index (χ1n) is 6.36. The van der Waals surface area contributed by atoms with E-state index in [-0.39, 0.29) is 11.6 Å². The van der Waals surface area contributed by atoms with Crippen LogP contribution in [0, 0.1) is 0 Å². The van der Waals surface area contributed by atoms with Crippen LogP contribution >= 0.6 is 11.3 Å². The van der Waals surface area contributed by atoms with Crippen molar-refractivity contribution >= 4 is 38.7 Å². The van der Waals surface area contributed by atoms with Gasteiger partial charge in [0.2, 0.25) is 0 Å². The summed E-state index contributed by atoms with van der Waals surface area (Å²) >= 11 is 1.32. The summed E-state index contributed by atoms with van der Waals surface area (Å²) in [6.07, 6.45) is 0.989. The zero-order chi connectivity index (χ0) is 18.4.